The molecule has 1 N–H and O–H groups in total. The molecule has 1 saturated heterocycles. The Morgan fingerprint density at radius 2 is 2.38 bits per heavy atom. The van der Waals surface area contributed by atoms with Crippen LogP contribution in [0.5, 0.6) is 0 Å². The molecule has 0 aliphatic carbocycles. The van der Waals surface area contributed by atoms with Gasteiger partial charge in [0.15, 0.2) is 0 Å². The van der Waals surface area contributed by atoms with Gasteiger partial charge in [-0.25, -0.2) is 0 Å². The molecule has 2 rings (SSSR count). The standard InChI is InChI=1S/C13H22N2S/c1-3-14-12-5-4-8-15(9-12)10-13-7-6-11(2)16-13/h6-7,12,14H,3-5,8-10H2,1-2H3. The van der Waals surface area contributed by atoms with Crippen LogP contribution in [0, 0.1) is 6.92 Å². The fourth-order valence-corrected chi connectivity index (χ4v) is 3.38. The fourth-order valence-electron chi connectivity index (χ4n) is 2.44. The Kier molecular flexibility index (Phi) is 4.38. The minimum absolute atomic E-state index is 0.708. The zero-order valence-corrected chi connectivity index (χ0v) is 11.1. The minimum Gasteiger partial charge on any atom is -0.313 e. The maximum Gasteiger partial charge on any atom is 0.0328 e. The summed E-state index contributed by atoms with van der Waals surface area (Å²) in [4.78, 5) is 5.52. The van der Waals surface area contributed by atoms with E-state index in [0.717, 1.165) is 13.1 Å². The Labute approximate surface area is 103 Å². The van der Waals surface area contributed by atoms with Crippen LogP contribution >= 0.6 is 11.3 Å². The van der Waals surface area contributed by atoms with Crippen molar-refractivity contribution in [2.24, 2.45) is 0 Å². The van der Waals surface area contributed by atoms with Gasteiger partial charge in [0.25, 0.3) is 0 Å². The molecule has 0 bridgehead atoms. The van der Waals surface area contributed by atoms with Gasteiger partial charge in [0.1, 0.15) is 0 Å². The number of rotatable bonds is 4. The average Bonchev–Trinajstić information content (AvgIpc) is 2.65. The van der Waals surface area contributed by atoms with E-state index in [4.69, 9.17) is 0 Å². The molecule has 1 aliphatic rings. The van der Waals surface area contributed by atoms with Gasteiger partial charge in [-0.05, 0) is 45.0 Å². The highest BCUT2D eigenvalue weighted by atomic mass is 32.1. The summed E-state index contributed by atoms with van der Waals surface area (Å²) in [5, 5.41) is 3.57. The zero-order valence-electron chi connectivity index (χ0n) is 10.3. The van der Waals surface area contributed by atoms with Crippen LogP contribution in [0.4, 0.5) is 0 Å². The molecule has 2 nitrogen and oxygen atoms in total. The number of likely N-dealkylation sites (tertiary alicyclic amines) is 1. The van der Waals surface area contributed by atoms with Crippen LogP contribution in [0.25, 0.3) is 0 Å². The van der Waals surface area contributed by atoms with Crippen LogP contribution in [-0.4, -0.2) is 30.6 Å². The van der Waals surface area contributed by atoms with E-state index in [1.54, 1.807) is 0 Å². The number of piperidine rings is 1. The van der Waals surface area contributed by atoms with Gasteiger partial charge in [-0.1, -0.05) is 6.92 Å². The number of hydrogen-bond acceptors (Lipinski definition) is 3. The summed E-state index contributed by atoms with van der Waals surface area (Å²) in [5.74, 6) is 0. The number of likely N-dealkylation sites (N-methyl/N-ethyl adjacent to an activating group) is 1. The van der Waals surface area contributed by atoms with Gasteiger partial charge in [-0.2, -0.15) is 0 Å². The van der Waals surface area contributed by atoms with Crippen molar-refractivity contribution in [2.75, 3.05) is 19.6 Å². The van der Waals surface area contributed by atoms with E-state index >= 15 is 0 Å². The van der Waals surface area contributed by atoms with E-state index in [0.29, 0.717) is 6.04 Å². The highest BCUT2D eigenvalue weighted by Crippen LogP contribution is 2.19. The second kappa shape index (κ2) is 5.80. The van der Waals surface area contributed by atoms with Crippen molar-refractivity contribution in [3.63, 3.8) is 0 Å². The Bertz CT molecular complexity index is 319. The summed E-state index contributed by atoms with van der Waals surface area (Å²) < 4.78 is 0. The van der Waals surface area contributed by atoms with Crippen molar-refractivity contribution in [3.8, 4) is 0 Å². The van der Waals surface area contributed by atoms with Gasteiger partial charge in [-0.3, -0.25) is 4.90 Å². The zero-order chi connectivity index (χ0) is 11.4. The third-order valence-corrected chi connectivity index (χ3v) is 4.16. The SMILES string of the molecule is CCNC1CCCN(Cc2ccc(C)s2)C1. The molecule has 0 amide bonds. The van der Waals surface area contributed by atoms with E-state index in [1.165, 1.54) is 35.7 Å². The van der Waals surface area contributed by atoms with E-state index in [2.05, 4.69) is 36.2 Å². The molecule has 2 heterocycles. The van der Waals surface area contributed by atoms with Gasteiger partial charge in [0.2, 0.25) is 0 Å². The summed E-state index contributed by atoms with van der Waals surface area (Å²) in [6, 6.07) is 5.21. The van der Waals surface area contributed by atoms with Crippen molar-refractivity contribution in [1.29, 1.82) is 0 Å². The molecule has 90 valence electrons. The second-order valence-electron chi connectivity index (χ2n) is 4.64. The lowest BCUT2D eigenvalue weighted by atomic mass is 10.1. The smallest absolute Gasteiger partial charge is 0.0328 e. The summed E-state index contributed by atoms with van der Waals surface area (Å²) in [7, 11) is 0. The number of hydrogen-bond donors (Lipinski definition) is 1. The highest BCUT2D eigenvalue weighted by Gasteiger charge is 2.19. The largest absolute Gasteiger partial charge is 0.313 e. The van der Waals surface area contributed by atoms with Crippen molar-refractivity contribution in [1.82, 2.24) is 10.2 Å². The molecule has 3 heteroatoms. The predicted octanol–water partition coefficient (Wildman–Crippen LogP) is 2.63. The molecule has 0 aromatic carbocycles. The van der Waals surface area contributed by atoms with Crippen LogP contribution in [0.2, 0.25) is 0 Å². The van der Waals surface area contributed by atoms with Gasteiger partial charge in [0.05, 0.1) is 0 Å². The van der Waals surface area contributed by atoms with Crippen molar-refractivity contribution in [2.45, 2.75) is 39.3 Å². The number of aryl methyl sites for hydroxylation is 1. The second-order valence-corrected chi connectivity index (χ2v) is 6.02. The van der Waals surface area contributed by atoms with Crippen molar-refractivity contribution >= 4 is 11.3 Å². The molecule has 0 saturated carbocycles. The van der Waals surface area contributed by atoms with Crippen LogP contribution in [0.15, 0.2) is 12.1 Å². The first-order valence-electron chi connectivity index (χ1n) is 6.29. The number of thiophene rings is 1. The molecule has 1 fully saturated rings. The molecule has 1 unspecified atom stereocenters. The lowest BCUT2D eigenvalue weighted by Crippen LogP contribution is -2.45. The Hall–Kier alpha value is -0.380. The topological polar surface area (TPSA) is 15.3 Å². The molecule has 1 atom stereocenters. The first kappa shape index (κ1) is 12.1. The Morgan fingerprint density at radius 3 is 3.06 bits per heavy atom. The van der Waals surface area contributed by atoms with E-state index in [-0.39, 0.29) is 0 Å². The van der Waals surface area contributed by atoms with E-state index < -0.39 is 0 Å². The van der Waals surface area contributed by atoms with Crippen LogP contribution in [-0.2, 0) is 6.54 Å². The molecular formula is C13H22N2S. The summed E-state index contributed by atoms with van der Waals surface area (Å²) in [6.45, 7) is 9.09. The maximum absolute atomic E-state index is 3.57. The van der Waals surface area contributed by atoms with Gasteiger partial charge in [-0.15, -0.1) is 11.3 Å². The first-order chi connectivity index (χ1) is 7.78. The van der Waals surface area contributed by atoms with Gasteiger partial charge >= 0.3 is 0 Å². The molecule has 16 heavy (non-hydrogen) atoms. The normalized spacial score (nSPS) is 22.5. The molecule has 0 radical (unpaired) electrons. The summed E-state index contributed by atoms with van der Waals surface area (Å²) in [5.41, 5.74) is 0. The molecular weight excluding hydrogens is 216 g/mol. The van der Waals surface area contributed by atoms with Gasteiger partial charge in [0, 0.05) is 28.9 Å². The predicted molar refractivity (Wildman–Crippen MR) is 71.0 cm³/mol. The maximum atomic E-state index is 3.57. The third kappa shape index (κ3) is 3.30. The molecule has 1 aromatic rings. The lowest BCUT2D eigenvalue weighted by molar-refractivity contribution is 0.186. The van der Waals surface area contributed by atoms with Crippen molar-refractivity contribution in [3.05, 3.63) is 21.9 Å². The summed E-state index contributed by atoms with van der Waals surface area (Å²) in [6.07, 6.45) is 2.68. The summed E-state index contributed by atoms with van der Waals surface area (Å²) >= 11 is 1.93. The average molecular weight is 238 g/mol. The Balaban J connectivity index is 1.85. The van der Waals surface area contributed by atoms with E-state index in [1.807, 2.05) is 11.3 Å². The van der Waals surface area contributed by atoms with Crippen LogP contribution < -0.4 is 5.32 Å². The molecule has 1 aliphatic heterocycles. The third-order valence-electron chi connectivity index (χ3n) is 3.17. The minimum atomic E-state index is 0.708. The molecule has 1 aromatic heterocycles. The fraction of sp³-hybridized carbons (Fsp3) is 0.692. The van der Waals surface area contributed by atoms with Gasteiger partial charge < -0.3 is 5.32 Å². The number of nitrogens with zero attached hydrogens (tertiary/aromatic N) is 1. The molecule has 0 spiro atoms. The van der Waals surface area contributed by atoms with Crippen molar-refractivity contribution < 1.29 is 0 Å². The van der Waals surface area contributed by atoms with Crippen LogP contribution in [0.3, 0.4) is 0 Å². The van der Waals surface area contributed by atoms with E-state index in [9.17, 15) is 0 Å². The first-order valence-corrected chi connectivity index (χ1v) is 7.10. The van der Waals surface area contributed by atoms with Crippen LogP contribution in [0.1, 0.15) is 29.5 Å². The quantitative estimate of drug-likeness (QED) is 0.867. The lowest BCUT2D eigenvalue weighted by Gasteiger charge is -2.32. The monoisotopic (exact) mass is 238 g/mol. The Morgan fingerprint density at radius 1 is 1.50 bits per heavy atom. The highest BCUT2D eigenvalue weighted by molar-refractivity contribution is 7.11. The number of nitrogens with one attached hydrogen (secondary N) is 1.